The smallest absolute Gasteiger partial charge is 0.495 e. The van der Waals surface area contributed by atoms with Crippen LogP contribution in [0, 0.1) is 5.92 Å². The topological polar surface area (TPSA) is 111 Å². The summed E-state index contributed by atoms with van der Waals surface area (Å²) in [7, 11) is 2.27. The molecule has 0 unspecified atom stereocenters. The number of halogens is 2. The Balaban J connectivity index is 0.000000218. The molecule has 2 N–H and O–H groups in total. The number of nitrogens with two attached hydrogens (primary N) is 1. The molecule has 47 heavy (non-hydrogen) atoms. The number of rotatable bonds is 9. The quantitative estimate of drug-likeness (QED) is 0.204. The molecule has 0 spiro atoms. The van der Waals surface area contributed by atoms with Crippen molar-refractivity contribution in [2.75, 3.05) is 20.8 Å². The number of pyridine rings is 1. The Morgan fingerprint density at radius 2 is 1.68 bits per heavy atom. The third-order valence-electron chi connectivity index (χ3n) is 8.48. The number of hydrogen-bond acceptors (Lipinski definition) is 9. The van der Waals surface area contributed by atoms with Crippen molar-refractivity contribution in [3.8, 4) is 28.4 Å². The van der Waals surface area contributed by atoms with Crippen molar-refractivity contribution in [1.29, 1.82) is 0 Å². The summed E-state index contributed by atoms with van der Waals surface area (Å²) in [6.07, 6.45) is -0.398. The van der Waals surface area contributed by atoms with Gasteiger partial charge in [0.25, 0.3) is 6.43 Å². The molecule has 0 bridgehead atoms. The van der Waals surface area contributed by atoms with Gasteiger partial charge in [0.15, 0.2) is 0 Å². The third-order valence-corrected chi connectivity index (χ3v) is 8.48. The average Bonchev–Trinajstić information content (AvgIpc) is 3.24. The summed E-state index contributed by atoms with van der Waals surface area (Å²) in [5.74, 6) is 1.83. The van der Waals surface area contributed by atoms with E-state index in [-0.39, 0.29) is 5.69 Å². The minimum Gasteiger partial charge on any atom is -0.497 e. The molecule has 0 aliphatic carbocycles. The second-order valence-corrected chi connectivity index (χ2v) is 13.6. The third kappa shape index (κ3) is 8.41. The molecule has 5 rings (SSSR count). The minimum absolute atomic E-state index is 0.256. The van der Waals surface area contributed by atoms with E-state index in [1.54, 1.807) is 25.3 Å². The van der Waals surface area contributed by atoms with E-state index < -0.39 is 36.3 Å². The summed E-state index contributed by atoms with van der Waals surface area (Å²) in [6.45, 7) is 14.8. The molecule has 254 valence electrons. The number of ether oxygens (including phenoxy) is 4. The molecule has 2 aliphatic heterocycles. The Kier molecular flexibility index (Phi) is 10.9. The van der Waals surface area contributed by atoms with Crippen LogP contribution in [-0.4, -0.2) is 55.6 Å². The van der Waals surface area contributed by atoms with Crippen molar-refractivity contribution >= 4 is 18.6 Å². The first kappa shape index (κ1) is 36.1. The van der Waals surface area contributed by atoms with Crippen LogP contribution in [0.3, 0.4) is 0 Å². The van der Waals surface area contributed by atoms with Gasteiger partial charge in [0.05, 0.1) is 37.2 Å². The zero-order valence-corrected chi connectivity index (χ0v) is 28.6. The van der Waals surface area contributed by atoms with Gasteiger partial charge in [-0.1, -0.05) is 26.0 Å². The lowest BCUT2D eigenvalue weighted by atomic mass is 9.76. The van der Waals surface area contributed by atoms with Gasteiger partial charge in [0, 0.05) is 16.7 Å². The molecule has 3 aromatic rings. The van der Waals surface area contributed by atoms with Gasteiger partial charge in [-0.25, -0.2) is 13.6 Å². The maximum absolute atomic E-state index is 12.9. The molecule has 2 aromatic carbocycles. The number of esters is 1. The predicted octanol–water partition coefficient (Wildman–Crippen LogP) is 6.50. The highest BCUT2D eigenvalue weighted by atomic mass is 19.3. The van der Waals surface area contributed by atoms with E-state index in [4.69, 9.17) is 34.0 Å². The van der Waals surface area contributed by atoms with Gasteiger partial charge in [-0.15, -0.1) is 0 Å². The number of aromatic nitrogens is 1. The summed E-state index contributed by atoms with van der Waals surface area (Å²) in [5.41, 5.74) is 8.09. The van der Waals surface area contributed by atoms with Crippen LogP contribution in [0.2, 0.25) is 0 Å². The number of carbonyl (C=O) groups is 1. The average molecular weight is 655 g/mol. The lowest BCUT2D eigenvalue weighted by Gasteiger charge is -2.32. The lowest BCUT2D eigenvalue weighted by Crippen LogP contribution is -2.43. The highest BCUT2D eigenvalue weighted by Crippen LogP contribution is 2.40. The van der Waals surface area contributed by atoms with Gasteiger partial charge in [-0.05, 0) is 88.3 Å². The van der Waals surface area contributed by atoms with E-state index in [1.165, 1.54) is 19.4 Å². The number of benzene rings is 2. The molecule has 1 fully saturated rings. The van der Waals surface area contributed by atoms with Crippen LogP contribution in [0.5, 0.6) is 17.2 Å². The highest BCUT2D eigenvalue weighted by molar-refractivity contribution is 6.63. The number of fused-ring (bicyclic) bond motifs is 3. The lowest BCUT2D eigenvalue weighted by molar-refractivity contribution is 0.00578. The van der Waals surface area contributed by atoms with E-state index in [2.05, 4.69) is 18.8 Å². The van der Waals surface area contributed by atoms with Crippen LogP contribution in [0.25, 0.3) is 11.1 Å². The Morgan fingerprint density at radius 1 is 1.02 bits per heavy atom. The molecule has 12 heteroatoms. The fraction of sp³-hybridized carbons (Fsp3) is 0.486. The van der Waals surface area contributed by atoms with E-state index >= 15 is 0 Å². The minimum atomic E-state index is -2.61. The molecule has 0 amide bonds. The van der Waals surface area contributed by atoms with Gasteiger partial charge in [-0.3, -0.25) is 4.98 Å². The molecule has 1 aromatic heterocycles. The molecule has 1 saturated heterocycles. The van der Waals surface area contributed by atoms with Crippen LogP contribution in [0.4, 0.5) is 8.78 Å². The normalized spacial score (nSPS) is 17.1. The first-order valence-electron chi connectivity index (χ1n) is 15.5. The summed E-state index contributed by atoms with van der Waals surface area (Å²) in [5, 5.41) is 0. The van der Waals surface area contributed by atoms with Crippen LogP contribution in [0.1, 0.15) is 82.9 Å². The Labute approximate surface area is 276 Å². The molecule has 3 heterocycles. The molecule has 2 aliphatic rings. The highest BCUT2D eigenvalue weighted by Gasteiger charge is 2.52. The van der Waals surface area contributed by atoms with Gasteiger partial charge < -0.3 is 34.0 Å². The molecule has 9 nitrogen and oxygen atoms in total. The molecular weight excluding hydrogens is 609 g/mol. The second-order valence-electron chi connectivity index (χ2n) is 13.6. The van der Waals surface area contributed by atoms with Crippen molar-refractivity contribution in [3.63, 3.8) is 0 Å². The SMILES string of the molecule is CC(C)C[C@](C)(N)COc1ccc2c(c1)COc1cnc(C(F)F)cc1-2.COC(=O)c1cc(OC)ccc1B1OC(C)(C)C(C)(C)O1. The van der Waals surface area contributed by atoms with Crippen molar-refractivity contribution in [2.24, 2.45) is 11.7 Å². The zero-order valence-electron chi connectivity index (χ0n) is 28.6. The van der Waals surface area contributed by atoms with Crippen LogP contribution >= 0.6 is 0 Å². The number of methoxy groups -OCH3 is 2. The van der Waals surface area contributed by atoms with Crippen molar-refractivity contribution in [2.45, 2.75) is 84.7 Å². The fourth-order valence-corrected chi connectivity index (χ4v) is 5.47. The van der Waals surface area contributed by atoms with E-state index in [0.29, 0.717) is 53.0 Å². The molecule has 0 radical (unpaired) electrons. The number of alkyl halides is 2. The maximum Gasteiger partial charge on any atom is 0.495 e. The Bertz CT molecular complexity index is 1560. The molecule has 0 saturated carbocycles. The van der Waals surface area contributed by atoms with Gasteiger partial charge in [-0.2, -0.15) is 0 Å². The first-order valence-corrected chi connectivity index (χ1v) is 15.5. The van der Waals surface area contributed by atoms with Crippen LogP contribution in [0.15, 0.2) is 48.7 Å². The number of nitrogens with zero attached hydrogens (tertiary/aromatic N) is 1. The van der Waals surface area contributed by atoms with Crippen molar-refractivity contribution in [1.82, 2.24) is 4.98 Å². The van der Waals surface area contributed by atoms with Crippen LogP contribution < -0.4 is 25.4 Å². The summed E-state index contributed by atoms with van der Waals surface area (Å²) in [6, 6.07) is 12.1. The van der Waals surface area contributed by atoms with E-state index in [0.717, 1.165) is 17.5 Å². The molecular formula is C35H45BF2N2O7. The standard InChI is InChI=1S/C20H24F2N2O2.C15H21BO5/c1-12(2)8-20(3,23)11-26-14-4-5-15-13(6-14)10-25-18-9-24-17(19(21)22)7-16(15)18;1-14(2)15(3,4)21-16(20-14)12-8-7-10(18-5)9-11(12)13(17)19-6/h4-7,9,12,19H,8,10-11,23H2,1-3H3;7-9H,1-6H3/t20-;/m0./s1. The van der Waals surface area contributed by atoms with Gasteiger partial charge >= 0.3 is 13.1 Å². The van der Waals surface area contributed by atoms with Gasteiger partial charge in [0.1, 0.15) is 36.2 Å². The Hall–Kier alpha value is -3.74. The predicted molar refractivity (Wildman–Crippen MR) is 177 cm³/mol. The summed E-state index contributed by atoms with van der Waals surface area (Å²) < 4.78 is 59.4. The maximum atomic E-state index is 12.9. The first-order chi connectivity index (χ1) is 22.0. The van der Waals surface area contributed by atoms with E-state index in [9.17, 15) is 13.6 Å². The summed E-state index contributed by atoms with van der Waals surface area (Å²) >= 11 is 0. The zero-order chi connectivity index (χ0) is 34.7. The number of carbonyl (C=O) groups excluding carboxylic acids is 1. The van der Waals surface area contributed by atoms with E-state index in [1.807, 2.05) is 52.8 Å². The monoisotopic (exact) mass is 654 g/mol. The van der Waals surface area contributed by atoms with Gasteiger partial charge in [0.2, 0.25) is 0 Å². The largest absolute Gasteiger partial charge is 0.497 e. The summed E-state index contributed by atoms with van der Waals surface area (Å²) in [4.78, 5) is 15.7. The number of hydrogen-bond donors (Lipinski definition) is 1. The van der Waals surface area contributed by atoms with Crippen LogP contribution in [-0.2, 0) is 20.7 Å². The Morgan fingerprint density at radius 3 is 2.28 bits per heavy atom. The second kappa shape index (κ2) is 14.2. The van der Waals surface area contributed by atoms with Crippen molar-refractivity contribution < 1.29 is 41.8 Å². The van der Waals surface area contributed by atoms with Crippen molar-refractivity contribution in [3.05, 3.63) is 65.5 Å². The molecule has 1 atom stereocenters. The fourth-order valence-electron chi connectivity index (χ4n) is 5.47.